The fourth-order valence-corrected chi connectivity index (χ4v) is 9.08. The molecule has 4 aliphatic carbocycles. The summed E-state index contributed by atoms with van der Waals surface area (Å²) < 4.78 is 13.7. The Kier molecular flexibility index (Phi) is 21.0. The van der Waals surface area contributed by atoms with Crippen LogP contribution in [-0.4, -0.2) is 47.1 Å². The molecule has 4 rings (SSSR count). The molecule has 10 nitrogen and oxygen atoms in total. The van der Waals surface area contributed by atoms with Gasteiger partial charge in [-0.25, -0.2) is 0 Å². The van der Waals surface area contributed by atoms with Crippen molar-refractivity contribution >= 4 is 0 Å². The van der Waals surface area contributed by atoms with Gasteiger partial charge in [0, 0.05) is 0 Å². The first-order valence-electron chi connectivity index (χ1n) is 24.1. The summed E-state index contributed by atoms with van der Waals surface area (Å²) in [4.78, 5) is 0. The van der Waals surface area contributed by atoms with Crippen LogP contribution in [0.1, 0.15) is 247 Å². The molecule has 0 heterocycles. The maximum Gasteiger partial charge on any atom is 0.179 e. The van der Waals surface area contributed by atoms with Crippen LogP contribution in [0.15, 0.2) is 40.9 Å². The number of ether oxygens (including phenoxy) is 2. The molecule has 0 aromatic rings. The summed E-state index contributed by atoms with van der Waals surface area (Å²) in [6, 6.07) is 1.35. The van der Waals surface area contributed by atoms with Crippen molar-refractivity contribution in [2.75, 3.05) is 0 Å². The summed E-state index contributed by atoms with van der Waals surface area (Å²) in [7, 11) is 0. The molecule has 4 fully saturated rings. The number of hydrogen-bond acceptors (Lipinski definition) is 10. The zero-order valence-electron chi connectivity index (χ0n) is 37.3. The number of unbranched alkanes of at least 4 members (excludes halogenated alkanes) is 7. The van der Waals surface area contributed by atoms with Gasteiger partial charge in [-0.2, -0.15) is 40.9 Å². The first-order chi connectivity index (χ1) is 27.1. The Morgan fingerprint density at radius 3 is 0.821 bits per heavy atom. The van der Waals surface area contributed by atoms with Crippen molar-refractivity contribution in [1.82, 2.24) is 0 Å². The van der Waals surface area contributed by atoms with Crippen LogP contribution in [0.2, 0.25) is 0 Å². The quantitative estimate of drug-likeness (QED) is 0.0677. The summed E-state index contributed by atoms with van der Waals surface area (Å²) in [5, 5.41) is 39.0. The third-order valence-corrected chi connectivity index (χ3v) is 13.3. The van der Waals surface area contributed by atoms with Crippen molar-refractivity contribution in [3.8, 4) is 0 Å². The van der Waals surface area contributed by atoms with E-state index in [0.29, 0.717) is 24.2 Å². The minimum atomic E-state index is -0.679. The van der Waals surface area contributed by atoms with Crippen LogP contribution in [0.25, 0.3) is 0 Å². The molecule has 56 heavy (non-hydrogen) atoms. The molecule has 0 N–H and O–H groups in total. The smallest absolute Gasteiger partial charge is 0.179 e. The Balaban J connectivity index is 1.22. The number of rotatable bonds is 25. The Morgan fingerprint density at radius 1 is 0.339 bits per heavy atom. The second-order valence-electron chi connectivity index (χ2n) is 19.0. The Bertz CT molecular complexity index is 1080. The second-order valence-corrected chi connectivity index (χ2v) is 19.0. The van der Waals surface area contributed by atoms with Crippen LogP contribution >= 0.6 is 0 Å². The van der Waals surface area contributed by atoms with Gasteiger partial charge in [0.25, 0.3) is 0 Å². The van der Waals surface area contributed by atoms with E-state index in [-0.39, 0.29) is 0 Å². The maximum absolute atomic E-state index is 6.83. The lowest BCUT2D eigenvalue weighted by Crippen LogP contribution is -2.38. The molecule has 4 saturated carbocycles. The van der Waals surface area contributed by atoms with Gasteiger partial charge in [-0.15, -0.1) is 0 Å². The van der Waals surface area contributed by atoms with Crippen LogP contribution in [0.4, 0.5) is 0 Å². The molecule has 0 aromatic heterocycles. The Labute approximate surface area is 343 Å². The number of nitrogens with zero attached hydrogens (tertiary/aromatic N) is 8. The van der Waals surface area contributed by atoms with Crippen molar-refractivity contribution in [2.24, 2.45) is 40.9 Å². The first kappa shape index (κ1) is 47.0. The van der Waals surface area contributed by atoms with E-state index in [9.17, 15) is 0 Å². The van der Waals surface area contributed by atoms with E-state index in [1.165, 1.54) is 116 Å². The highest BCUT2D eigenvalue weighted by atomic mass is 16.6. The molecule has 0 aromatic carbocycles. The van der Waals surface area contributed by atoms with Crippen LogP contribution in [-0.2, 0) is 9.47 Å². The van der Waals surface area contributed by atoms with E-state index in [0.717, 1.165) is 89.9 Å². The molecule has 4 aliphatic rings. The number of azo groups is 4. The molecule has 10 heteroatoms. The topological polar surface area (TPSA) is 117 Å². The van der Waals surface area contributed by atoms with Gasteiger partial charge in [0.05, 0.1) is 24.2 Å². The van der Waals surface area contributed by atoms with E-state index < -0.39 is 22.9 Å². The number of hydrogen-bond donors (Lipinski definition) is 0. The normalized spacial score (nSPS) is 24.9. The fourth-order valence-electron chi connectivity index (χ4n) is 9.08. The molecule has 0 amide bonds. The van der Waals surface area contributed by atoms with Gasteiger partial charge >= 0.3 is 0 Å². The first-order valence-corrected chi connectivity index (χ1v) is 24.1. The summed E-state index contributed by atoms with van der Waals surface area (Å²) in [5.41, 5.74) is -2.71. The standard InChI is InChI=1S/C46H86N8O2/c1-7-43(3,51-47-39-29-19-15-20-30-39)55-45(5,53-49-41-33-23-17-24-34-41)37-27-13-11-9-10-12-14-28-38-46(6,54-50-42-35-25-18-26-36-42)56-44(4,8-2)52-48-40-31-21-16-22-32-40/h39-42H,7-38H2,1-6H3. The summed E-state index contributed by atoms with van der Waals surface area (Å²) in [5.74, 6) is 0. The molecule has 0 spiro atoms. The fraction of sp³-hybridized carbons (Fsp3) is 1.00. The maximum atomic E-state index is 6.83. The molecule has 0 aliphatic heterocycles. The third-order valence-electron chi connectivity index (χ3n) is 13.3. The largest absolute Gasteiger partial charge is 0.323 e. The molecule has 0 saturated heterocycles. The summed E-state index contributed by atoms with van der Waals surface area (Å²) in [6.07, 6.45) is 37.3. The zero-order chi connectivity index (χ0) is 40.0. The van der Waals surface area contributed by atoms with Gasteiger partial charge in [-0.1, -0.05) is 129 Å². The average molecular weight is 783 g/mol. The van der Waals surface area contributed by atoms with Gasteiger partial charge in [-0.05, 0) is 118 Å². The van der Waals surface area contributed by atoms with E-state index in [1.54, 1.807) is 0 Å². The van der Waals surface area contributed by atoms with E-state index in [4.69, 9.17) is 50.4 Å². The molecular weight excluding hydrogens is 697 g/mol. The lowest BCUT2D eigenvalue weighted by molar-refractivity contribution is -0.146. The highest BCUT2D eigenvalue weighted by molar-refractivity contribution is 4.83. The molecule has 0 radical (unpaired) electrons. The predicted octanol–water partition coefficient (Wildman–Crippen LogP) is 15.7. The average Bonchev–Trinajstić information content (AvgIpc) is 3.23. The van der Waals surface area contributed by atoms with Crippen LogP contribution in [0.3, 0.4) is 0 Å². The molecule has 4 unspecified atom stereocenters. The van der Waals surface area contributed by atoms with Gasteiger partial charge < -0.3 is 9.47 Å². The lowest BCUT2D eigenvalue weighted by Gasteiger charge is -2.34. The zero-order valence-corrected chi connectivity index (χ0v) is 37.3. The van der Waals surface area contributed by atoms with Gasteiger partial charge in [-0.3, -0.25) is 0 Å². The van der Waals surface area contributed by atoms with Crippen molar-refractivity contribution in [2.45, 2.75) is 294 Å². The van der Waals surface area contributed by atoms with Crippen LogP contribution in [0.5, 0.6) is 0 Å². The van der Waals surface area contributed by atoms with E-state index in [1.807, 2.05) is 0 Å². The molecule has 322 valence electrons. The summed E-state index contributed by atoms with van der Waals surface area (Å²) in [6.45, 7) is 12.8. The van der Waals surface area contributed by atoms with E-state index in [2.05, 4.69) is 41.5 Å². The Hall–Kier alpha value is -1.68. The molecule has 0 bridgehead atoms. The molecule has 4 atom stereocenters. The summed E-state index contributed by atoms with van der Waals surface area (Å²) >= 11 is 0. The van der Waals surface area contributed by atoms with Crippen molar-refractivity contribution < 1.29 is 9.47 Å². The van der Waals surface area contributed by atoms with Crippen molar-refractivity contribution in [1.29, 1.82) is 0 Å². The third kappa shape index (κ3) is 18.1. The highest BCUT2D eigenvalue weighted by Crippen LogP contribution is 2.35. The molecular formula is C46H86N8O2. The van der Waals surface area contributed by atoms with Crippen LogP contribution in [0, 0.1) is 0 Å². The van der Waals surface area contributed by atoms with Gasteiger partial charge in [0.2, 0.25) is 0 Å². The minimum Gasteiger partial charge on any atom is -0.323 e. The SMILES string of the molecule is CCC(C)(N=NC1CCCCC1)OC(C)(CCCCCCCCCCC(C)(N=NC1CCCCC1)OC(C)(CC)N=NC1CCCCC1)N=NC1CCCCC1. The van der Waals surface area contributed by atoms with Gasteiger partial charge in [0.1, 0.15) is 0 Å². The van der Waals surface area contributed by atoms with Crippen molar-refractivity contribution in [3.05, 3.63) is 0 Å². The van der Waals surface area contributed by atoms with Gasteiger partial charge in [0.15, 0.2) is 22.9 Å². The monoisotopic (exact) mass is 783 g/mol. The van der Waals surface area contributed by atoms with Crippen LogP contribution < -0.4 is 0 Å². The second kappa shape index (κ2) is 25.1. The Morgan fingerprint density at radius 2 is 0.571 bits per heavy atom. The lowest BCUT2D eigenvalue weighted by atomic mass is 9.96. The van der Waals surface area contributed by atoms with Crippen molar-refractivity contribution in [3.63, 3.8) is 0 Å². The highest BCUT2D eigenvalue weighted by Gasteiger charge is 2.37. The predicted molar refractivity (Wildman–Crippen MR) is 229 cm³/mol. The minimum absolute atomic E-state index is 0.334. The van der Waals surface area contributed by atoms with E-state index >= 15 is 0 Å².